The third-order valence-electron chi connectivity index (χ3n) is 3.94. The van der Waals surface area contributed by atoms with Crippen molar-refractivity contribution in [2.75, 3.05) is 26.2 Å². The Morgan fingerprint density at radius 3 is 2.50 bits per heavy atom. The number of carbonyl (C=O) groups is 1. The van der Waals surface area contributed by atoms with Crippen molar-refractivity contribution in [1.82, 2.24) is 4.90 Å². The van der Waals surface area contributed by atoms with E-state index in [0.29, 0.717) is 13.2 Å². The molecule has 0 saturated carbocycles. The number of ether oxygens (including phenoxy) is 1. The second-order valence-corrected chi connectivity index (χ2v) is 5.63. The number of nitrogens with zero attached hydrogens (tertiary/aromatic N) is 1. The third kappa shape index (κ3) is 3.60. The lowest BCUT2D eigenvalue weighted by Crippen LogP contribution is -2.34. The Kier molecular flexibility index (Phi) is 5.18. The van der Waals surface area contributed by atoms with Crippen molar-refractivity contribution in [1.29, 1.82) is 0 Å². The van der Waals surface area contributed by atoms with Gasteiger partial charge in [-0.15, -0.1) is 0 Å². The average molecular weight is 275 g/mol. The molecule has 2 rings (SSSR count). The van der Waals surface area contributed by atoms with Gasteiger partial charge in [-0.3, -0.25) is 9.69 Å². The highest BCUT2D eigenvalue weighted by Crippen LogP contribution is 2.23. The highest BCUT2D eigenvalue weighted by molar-refractivity contribution is 5.99. The zero-order chi connectivity index (χ0) is 14.5. The summed E-state index contributed by atoms with van der Waals surface area (Å²) in [6, 6.07) is 3.97. The molecule has 0 amide bonds. The first-order valence-electron chi connectivity index (χ1n) is 7.61. The molecule has 3 heteroatoms. The Hall–Kier alpha value is -1.35. The monoisotopic (exact) mass is 275 g/mol. The summed E-state index contributed by atoms with van der Waals surface area (Å²) in [6.45, 7) is 9.29. The van der Waals surface area contributed by atoms with Crippen LogP contribution in [0.5, 0.6) is 5.75 Å². The number of piperidine rings is 1. The Labute approximate surface area is 121 Å². The molecule has 1 aliphatic rings. The third-order valence-corrected chi connectivity index (χ3v) is 3.94. The van der Waals surface area contributed by atoms with Gasteiger partial charge in [0.1, 0.15) is 5.75 Å². The predicted molar refractivity (Wildman–Crippen MR) is 81.7 cm³/mol. The fraction of sp³-hybridized carbons (Fsp3) is 0.588. The van der Waals surface area contributed by atoms with E-state index < -0.39 is 0 Å². The molecular formula is C17H25NO2. The van der Waals surface area contributed by atoms with E-state index in [1.54, 1.807) is 0 Å². The Morgan fingerprint density at radius 2 is 1.85 bits per heavy atom. The summed E-state index contributed by atoms with van der Waals surface area (Å²) in [7, 11) is 0. The van der Waals surface area contributed by atoms with Gasteiger partial charge in [0.15, 0.2) is 5.78 Å². The Bertz CT molecular complexity index is 476. The minimum Gasteiger partial charge on any atom is -0.494 e. The lowest BCUT2D eigenvalue weighted by atomic mass is 10.00. The summed E-state index contributed by atoms with van der Waals surface area (Å²) in [4.78, 5) is 14.7. The van der Waals surface area contributed by atoms with Gasteiger partial charge in [-0.05, 0) is 70.0 Å². The van der Waals surface area contributed by atoms with Gasteiger partial charge in [0, 0.05) is 5.56 Å². The number of Topliss-reactive ketones (excluding diaryl/α,β-unsaturated/α-hetero) is 1. The molecule has 1 heterocycles. The maximum Gasteiger partial charge on any atom is 0.177 e. The minimum absolute atomic E-state index is 0.232. The molecule has 1 fully saturated rings. The van der Waals surface area contributed by atoms with Crippen molar-refractivity contribution in [3.05, 3.63) is 28.8 Å². The number of ketones is 1. The first kappa shape index (κ1) is 15.0. The molecule has 1 saturated heterocycles. The van der Waals surface area contributed by atoms with Gasteiger partial charge in [0.25, 0.3) is 0 Å². The molecule has 0 aliphatic carbocycles. The average Bonchev–Trinajstić information content (AvgIpc) is 2.43. The minimum atomic E-state index is 0.232. The quantitative estimate of drug-likeness (QED) is 0.772. The molecule has 0 atom stereocenters. The predicted octanol–water partition coefficient (Wildman–Crippen LogP) is 3.37. The number of hydrogen-bond donors (Lipinski definition) is 0. The molecular weight excluding hydrogens is 250 g/mol. The number of aryl methyl sites for hydroxylation is 2. The van der Waals surface area contributed by atoms with Crippen LogP contribution in [0.25, 0.3) is 0 Å². The van der Waals surface area contributed by atoms with Crippen LogP contribution >= 0.6 is 0 Å². The first-order chi connectivity index (χ1) is 9.61. The number of hydrogen-bond acceptors (Lipinski definition) is 3. The molecule has 0 bridgehead atoms. The standard InChI is InChI=1S/C17H25NO2/c1-4-20-17-11-13(2)15(10-14(17)3)16(19)12-18-8-6-5-7-9-18/h10-11H,4-9,12H2,1-3H3. The fourth-order valence-corrected chi connectivity index (χ4v) is 2.81. The van der Waals surface area contributed by atoms with Crippen LogP contribution in [0, 0.1) is 13.8 Å². The van der Waals surface area contributed by atoms with E-state index >= 15 is 0 Å². The van der Waals surface area contributed by atoms with Crippen LogP contribution in [0.1, 0.15) is 47.7 Å². The van der Waals surface area contributed by atoms with E-state index in [9.17, 15) is 4.79 Å². The second-order valence-electron chi connectivity index (χ2n) is 5.63. The van der Waals surface area contributed by atoms with Crippen molar-refractivity contribution < 1.29 is 9.53 Å². The van der Waals surface area contributed by atoms with E-state index in [0.717, 1.165) is 35.5 Å². The van der Waals surface area contributed by atoms with Crippen molar-refractivity contribution >= 4 is 5.78 Å². The van der Waals surface area contributed by atoms with Gasteiger partial charge in [-0.25, -0.2) is 0 Å². The maximum atomic E-state index is 12.5. The number of carbonyl (C=O) groups excluding carboxylic acids is 1. The van der Waals surface area contributed by atoms with Crippen molar-refractivity contribution in [2.24, 2.45) is 0 Å². The van der Waals surface area contributed by atoms with Gasteiger partial charge in [0.05, 0.1) is 13.2 Å². The van der Waals surface area contributed by atoms with E-state index in [1.165, 1.54) is 19.3 Å². The summed E-state index contributed by atoms with van der Waals surface area (Å²) in [5.74, 6) is 1.12. The Balaban J connectivity index is 2.10. The summed E-state index contributed by atoms with van der Waals surface area (Å²) < 4.78 is 5.58. The normalized spacial score (nSPS) is 16.1. The molecule has 0 spiro atoms. The molecule has 1 aromatic carbocycles. The number of likely N-dealkylation sites (tertiary alicyclic amines) is 1. The van der Waals surface area contributed by atoms with E-state index in [4.69, 9.17) is 4.74 Å². The van der Waals surface area contributed by atoms with Crippen LogP contribution in [-0.2, 0) is 0 Å². The zero-order valence-electron chi connectivity index (χ0n) is 12.9. The lowest BCUT2D eigenvalue weighted by Gasteiger charge is -2.26. The van der Waals surface area contributed by atoms with Crippen LogP contribution in [0.3, 0.4) is 0 Å². The van der Waals surface area contributed by atoms with Gasteiger partial charge in [-0.2, -0.15) is 0 Å². The number of benzene rings is 1. The molecule has 110 valence electrons. The van der Waals surface area contributed by atoms with Gasteiger partial charge in [0.2, 0.25) is 0 Å². The lowest BCUT2D eigenvalue weighted by molar-refractivity contribution is 0.0915. The van der Waals surface area contributed by atoms with Gasteiger partial charge >= 0.3 is 0 Å². The van der Waals surface area contributed by atoms with Crippen LogP contribution in [-0.4, -0.2) is 36.9 Å². The highest BCUT2D eigenvalue weighted by atomic mass is 16.5. The van der Waals surface area contributed by atoms with Crippen LogP contribution in [0.2, 0.25) is 0 Å². The molecule has 0 N–H and O–H groups in total. The Morgan fingerprint density at radius 1 is 1.15 bits per heavy atom. The summed E-state index contributed by atoms with van der Waals surface area (Å²) in [6.07, 6.45) is 3.73. The smallest absolute Gasteiger partial charge is 0.177 e. The SMILES string of the molecule is CCOc1cc(C)c(C(=O)CN2CCCCC2)cc1C. The first-order valence-corrected chi connectivity index (χ1v) is 7.61. The summed E-state index contributed by atoms with van der Waals surface area (Å²) in [5, 5.41) is 0. The van der Waals surface area contributed by atoms with Gasteiger partial charge < -0.3 is 4.74 Å². The van der Waals surface area contributed by atoms with Crippen molar-refractivity contribution in [2.45, 2.75) is 40.0 Å². The van der Waals surface area contributed by atoms with Crippen LogP contribution in [0.15, 0.2) is 12.1 Å². The maximum absolute atomic E-state index is 12.5. The fourth-order valence-electron chi connectivity index (χ4n) is 2.81. The topological polar surface area (TPSA) is 29.5 Å². The van der Waals surface area contributed by atoms with Crippen molar-refractivity contribution in [3.63, 3.8) is 0 Å². The molecule has 0 aromatic heterocycles. The molecule has 1 aliphatic heterocycles. The van der Waals surface area contributed by atoms with Gasteiger partial charge in [-0.1, -0.05) is 6.42 Å². The van der Waals surface area contributed by atoms with E-state index in [1.807, 2.05) is 32.9 Å². The molecule has 0 unspecified atom stereocenters. The molecule has 20 heavy (non-hydrogen) atoms. The zero-order valence-corrected chi connectivity index (χ0v) is 12.9. The van der Waals surface area contributed by atoms with E-state index in [-0.39, 0.29) is 5.78 Å². The summed E-state index contributed by atoms with van der Waals surface area (Å²) in [5.41, 5.74) is 2.90. The number of rotatable bonds is 5. The van der Waals surface area contributed by atoms with Crippen molar-refractivity contribution in [3.8, 4) is 5.75 Å². The molecule has 0 radical (unpaired) electrons. The summed E-state index contributed by atoms with van der Waals surface area (Å²) >= 11 is 0. The highest BCUT2D eigenvalue weighted by Gasteiger charge is 2.17. The molecule has 3 nitrogen and oxygen atoms in total. The van der Waals surface area contributed by atoms with Crippen LogP contribution in [0.4, 0.5) is 0 Å². The van der Waals surface area contributed by atoms with Crippen LogP contribution < -0.4 is 4.74 Å². The largest absolute Gasteiger partial charge is 0.494 e. The molecule has 1 aromatic rings. The second kappa shape index (κ2) is 6.89. The van der Waals surface area contributed by atoms with E-state index in [2.05, 4.69) is 4.90 Å².